The normalized spacial score (nSPS) is 12.9. The molecule has 1 amide bonds. The number of methoxy groups -OCH3 is 1. The van der Waals surface area contributed by atoms with Crippen LogP contribution in [0.3, 0.4) is 0 Å². The Morgan fingerprint density at radius 1 is 1.33 bits per heavy atom. The third-order valence-electron chi connectivity index (χ3n) is 1.74. The minimum absolute atomic E-state index is 0.108. The number of hydrogen-bond acceptors (Lipinski definition) is 5. The Balaban J connectivity index is 3.92. The first-order valence-electron chi connectivity index (χ1n) is 5.56. The van der Waals surface area contributed by atoms with Crippen LogP contribution in [0.5, 0.6) is 0 Å². The molecule has 0 aliphatic carbocycles. The first-order valence-corrected chi connectivity index (χ1v) is 5.56. The lowest BCUT2D eigenvalue weighted by Crippen LogP contribution is -2.35. The van der Waals surface area contributed by atoms with Crippen LogP contribution < -0.4 is 5.32 Å². The Bertz CT molecular complexity index is 273. The summed E-state index contributed by atoms with van der Waals surface area (Å²) in [5, 5.41) is 11.3. The molecular formula is C11H21NO6. The maximum Gasteiger partial charge on any atom is 0.407 e. The standard InChI is InChI=1S/C11H21NO6/c1-11(2,3)18-10(15)12-6-5-8(9(13)14)17-7-16-4/h8H,5-7H2,1-4H3,(H,12,15)(H,13,14). The average molecular weight is 263 g/mol. The maximum absolute atomic E-state index is 11.3. The van der Waals surface area contributed by atoms with Crippen molar-refractivity contribution >= 4 is 12.1 Å². The zero-order valence-electron chi connectivity index (χ0n) is 11.2. The summed E-state index contributed by atoms with van der Waals surface area (Å²) in [5.41, 5.74) is -0.581. The minimum Gasteiger partial charge on any atom is -0.479 e. The maximum atomic E-state index is 11.3. The van der Waals surface area contributed by atoms with E-state index < -0.39 is 23.8 Å². The molecule has 0 aliphatic heterocycles. The summed E-state index contributed by atoms with van der Waals surface area (Å²) in [7, 11) is 1.40. The van der Waals surface area contributed by atoms with Crippen LogP contribution in [-0.2, 0) is 19.0 Å². The Morgan fingerprint density at radius 3 is 2.39 bits per heavy atom. The van der Waals surface area contributed by atoms with Crippen molar-refractivity contribution < 1.29 is 28.9 Å². The van der Waals surface area contributed by atoms with Gasteiger partial charge in [0.15, 0.2) is 6.10 Å². The van der Waals surface area contributed by atoms with Crippen LogP contribution in [0.4, 0.5) is 4.79 Å². The van der Waals surface area contributed by atoms with E-state index in [-0.39, 0.29) is 19.8 Å². The Hall–Kier alpha value is -1.34. The predicted octanol–water partition coefficient (Wildman–Crippen LogP) is 0.975. The summed E-state index contributed by atoms with van der Waals surface area (Å²) in [5.74, 6) is -1.10. The van der Waals surface area contributed by atoms with E-state index in [2.05, 4.69) is 10.1 Å². The molecule has 0 bridgehead atoms. The highest BCUT2D eigenvalue weighted by molar-refractivity contribution is 5.72. The quantitative estimate of drug-likeness (QED) is 0.665. The van der Waals surface area contributed by atoms with Gasteiger partial charge in [0.25, 0.3) is 0 Å². The highest BCUT2D eigenvalue weighted by Gasteiger charge is 2.19. The molecule has 1 unspecified atom stereocenters. The van der Waals surface area contributed by atoms with Gasteiger partial charge in [0.05, 0.1) is 0 Å². The molecule has 0 aromatic rings. The number of carbonyl (C=O) groups excluding carboxylic acids is 1. The fourth-order valence-corrected chi connectivity index (χ4v) is 1.05. The van der Waals surface area contributed by atoms with Crippen LogP contribution in [0, 0.1) is 0 Å². The van der Waals surface area contributed by atoms with Gasteiger partial charge >= 0.3 is 12.1 Å². The van der Waals surface area contributed by atoms with Gasteiger partial charge in [-0.25, -0.2) is 9.59 Å². The summed E-state index contributed by atoms with van der Waals surface area (Å²) >= 11 is 0. The zero-order valence-corrected chi connectivity index (χ0v) is 11.2. The van der Waals surface area contributed by atoms with Gasteiger partial charge < -0.3 is 24.6 Å². The molecule has 1 atom stereocenters. The first-order chi connectivity index (χ1) is 8.26. The number of rotatable bonds is 7. The topological polar surface area (TPSA) is 94.1 Å². The molecule has 0 fully saturated rings. The van der Waals surface area contributed by atoms with Crippen molar-refractivity contribution in [2.24, 2.45) is 0 Å². The van der Waals surface area contributed by atoms with Crippen molar-refractivity contribution in [3.8, 4) is 0 Å². The third-order valence-corrected chi connectivity index (χ3v) is 1.74. The molecule has 18 heavy (non-hydrogen) atoms. The fraction of sp³-hybridized carbons (Fsp3) is 0.818. The molecule has 106 valence electrons. The monoisotopic (exact) mass is 263 g/mol. The predicted molar refractivity (Wildman–Crippen MR) is 63.2 cm³/mol. The van der Waals surface area contributed by atoms with Crippen molar-refractivity contribution in [3.63, 3.8) is 0 Å². The van der Waals surface area contributed by atoms with Gasteiger partial charge in [0.1, 0.15) is 12.4 Å². The summed E-state index contributed by atoms with van der Waals surface area (Å²) in [6.07, 6.45) is -1.46. The second-order valence-electron chi connectivity index (χ2n) is 4.62. The molecule has 0 aliphatic rings. The molecular weight excluding hydrogens is 242 g/mol. The molecule has 2 N–H and O–H groups in total. The van der Waals surface area contributed by atoms with Crippen LogP contribution in [0.15, 0.2) is 0 Å². The molecule has 7 nitrogen and oxygen atoms in total. The number of aliphatic carboxylic acids is 1. The van der Waals surface area contributed by atoms with E-state index in [9.17, 15) is 9.59 Å². The molecule has 7 heteroatoms. The summed E-state index contributed by atoms with van der Waals surface area (Å²) in [6, 6.07) is 0. The van der Waals surface area contributed by atoms with Crippen molar-refractivity contribution in [2.75, 3.05) is 20.4 Å². The molecule has 0 spiro atoms. The minimum atomic E-state index is -1.10. The van der Waals surface area contributed by atoms with Crippen LogP contribution in [-0.4, -0.2) is 49.3 Å². The van der Waals surface area contributed by atoms with Crippen molar-refractivity contribution in [1.29, 1.82) is 0 Å². The number of carboxylic acids is 1. The summed E-state index contributed by atoms with van der Waals surface area (Å²) < 4.78 is 14.5. The summed E-state index contributed by atoms with van der Waals surface area (Å²) in [6.45, 7) is 5.27. The van der Waals surface area contributed by atoms with Crippen molar-refractivity contribution in [1.82, 2.24) is 5.32 Å². The second-order valence-corrected chi connectivity index (χ2v) is 4.62. The molecule has 0 saturated heterocycles. The summed E-state index contributed by atoms with van der Waals surface area (Å²) in [4.78, 5) is 22.1. The van der Waals surface area contributed by atoms with E-state index in [0.717, 1.165) is 0 Å². The van der Waals surface area contributed by atoms with E-state index in [4.69, 9.17) is 14.6 Å². The van der Waals surface area contributed by atoms with Crippen LogP contribution >= 0.6 is 0 Å². The Labute approximate surface area is 106 Å². The van der Waals surface area contributed by atoms with Gasteiger partial charge in [-0.1, -0.05) is 0 Å². The molecule has 0 aromatic heterocycles. The molecule has 0 heterocycles. The van der Waals surface area contributed by atoms with Crippen LogP contribution in [0.1, 0.15) is 27.2 Å². The number of carbonyl (C=O) groups is 2. The second kappa shape index (κ2) is 7.88. The molecule has 0 saturated carbocycles. The number of hydrogen-bond donors (Lipinski definition) is 2. The van der Waals surface area contributed by atoms with Crippen molar-refractivity contribution in [3.05, 3.63) is 0 Å². The lowest BCUT2D eigenvalue weighted by molar-refractivity contribution is -0.159. The number of nitrogens with one attached hydrogen (secondary N) is 1. The Morgan fingerprint density at radius 2 is 1.94 bits per heavy atom. The van der Waals surface area contributed by atoms with E-state index in [1.807, 2.05) is 0 Å². The van der Waals surface area contributed by atoms with Crippen LogP contribution in [0.25, 0.3) is 0 Å². The highest BCUT2D eigenvalue weighted by Crippen LogP contribution is 2.06. The lowest BCUT2D eigenvalue weighted by Gasteiger charge is -2.20. The smallest absolute Gasteiger partial charge is 0.407 e. The molecule has 0 aromatic carbocycles. The third kappa shape index (κ3) is 8.77. The largest absolute Gasteiger partial charge is 0.479 e. The van der Waals surface area contributed by atoms with Crippen LogP contribution in [0.2, 0.25) is 0 Å². The SMILES string of the molecule is COCOC(CCNC(=O)OC(C)(C)C)C(=O)O. The Kier molecular flexibility index (Phi) is 7.30. The number of amides is 1. The molecule has 0 radical (unpaired) electrons. The van der Waals surface area contributed by atoms with E-state index in [0.29, 0.717) is 0 Å². The van der Waals surface area contributed by atoms with E-state index >= 15 is 0 Å². The van der Waals surface area contributed by atoms with Gasteiger partial charge in [-0.05, 0) is 20.8 Å². The fourth-order valence-electron chi connectivity index (χ4n) is 1.05. The van der Waals surface area contributed by atoms with Gasteiger partial charge in [0.2, 0.25) is 0 Å². The van der Waals surface area contributed by atoms with E-state index in [1.54, 1.807) is 20.8 Å². The van der Waals surface area contributed by atoms with Gasteiger partial charge in [-0.15, -0.1) is 0 Å². The van der Waals surface area contributed by atoms with Crippen molar-refractivity contribution in [2.45, 2.75) is 38.9 Å². The van der Waals surface area contributed by atoms with Gasteiger partial charge in [-0.3, -0.25) is 0 Å². The number of alkyl carbamates (subject to hydrolysis) is 1. The zero-order chi connectivity index (χ0) is 14.2. The van der Waals surface area contributed by atoms with Gasteiger partial charge in [0, 0.05) is 20.1 Å². The van der Waals surface area contributed by atoms with E-state index in [1.165, 1.54) is 7.11 Å². The number of carboxylic acid groups (broad SMARTS) is 1. The molecule has 0 rings (SSSR count). The first kappa shape index (κ1) is 16.7. The highest BCUT2D eigenvalue weighted by atomic mass is 16.7. The van der Waals surface area contributed by atoms with Gasteiger partial charge in [-0.2, -0.15) is 0 Å². The number of ether oxygens (including phenoxy) is 3. The lowest BCUT2D eigenvalue weighted by atomic mass is 10.2. The average Bonchev–Trinajstić information content (AvgIpc) is 2.19.